The zero-order valence-electron chi connectivity index (χ0n) is 13.1. The lowest BCUT2D eigenvalue weighted by Gasteiger charge is -2.22. The molecule has 0 bridgehead atoms. The molecule has 7 heteroatoms. The fourth-order valence-corrected chi connectivity index (χ4v) is 3.06. The van der Waals surface area contributed by atoms with E-state index in [9.17, 15) is 14.4 Å². The number of ether oxygens (including phenoxy) is 1. The van der Waals surface area contributed by atoms with Crippen LogP contribution < -0.4 is 5.73 Å². The summed E-state index contributed by atoms with van der Waals surface area (Å²) < 4.78 is 6.04. The van der Waals surface area contributed by atoms with E-state index in [1.165, 1.54) is 0 Å². The van der Waals surface area contributed by atoms with E-state index in [1.807, 2.05) is 24.3 Å². The highest BCUT2D eigenvalue weighted by atomic mass is 79.9. The quantitative estimate of drug-likeness (QED) is 0.778. The smallest absolute Gasteiger partial charge is 0.404 e. The highest BCUT2D eigenvalue weighted by molar-refractivity contribution is 9.10. The van der Waals surface area contributed by atoms with Crippen LogP contribution in [0, 0.1) is 0 Å². The molecule has 6 nitrogen and oxygen atoms in total. The normalized spacial score (nSPS) is 14.4. The molecule has 1 atom stereocenters. The first-order chi connectivity index (χ1) is 12.0. The predicted octanol–water partition coefficient (Wildman–Crippen LogP) is 2.75. The second-order valence-electron chi connectivity index (χ2n) is 5.66. The first-order valence-corrected chi connectivity index (χ1v) is 8.41. The van der Waals surface area contributed by atoms with Gasteiger partial charge in [0.1, 0.15) is 6.10 Å². The van der Waals surface area contributed by atoms with Gasteiger partial charge in [-0.15, -0.1) is 0 Å². The summed E-state index contributed by atoms with van der Waals surface area (Å²) in [4.78, 5) is 37.2. The molecule has 3 amide bonds. The molecular formula is C18H15BrN2O4. The van der Waals surface area contributed by atoms with Crippen LogP contribution in [-0.2, 0) is 11.2 Å². The molecule has 1 aliphatic heterocycles. The lowest BCUT2D eigenvalue weighted by atomic mass is 10.1. The lowest BCUT2D eigenvalue weighted by molar-refractivity contribution is 0.0490. The van der Waals surface area contributed by atoms with E-state index in [4.69, 9.17) is 10.5 Å². The lowest BCUT2D eigenvalue weighted by Crippen LogP contribution is -2.40. The Morgan fingerprint density at radius 2 is 1.60 bits per heavy atom. The molecule has 2 aromatic carbocycles. The molecule has 2 aromatic rings. The van der Waals surface area contributed by atoms with Crippen LogP contribution in [0.25, 0.3) is 0 Å². The third kappa shape index (κ3) is 3.71. The zero-order chi connectivity index (χ0) is 18.0. The number of carbonyl (C=O) groups is 3. The number of hydrogen-bond donors (Lipinski definition) is 1. The number of carbonyl (C=O) groups excluding carboxylic acids is 3. The van der Waals surface area contributed by atoms with Crippen LogP contribution in [0.15, 0.2) is 53.0 Å². The van der Waals surface area contributed by atoms with Crippen molar-refractivity contribution in [1.82, 2.24) is 4.90 Å². The van der Waals surface area contributed by atoms with Gasteiger partial charge >= 0.3 is 6.09 Å². The Labute approximate surface area is 152 Å². The first kappa shape index (κ1) is 17.2. The summed E-state index contributed by atoms with van der Waals surface area (Å²) >= 11 is 3.35. The molecule has 0 fully saturated rings. The summed E-state index contributed by atoms with van der Waals surface area (Å²) in [6.07, 6.45) is -1.33. The van der Waals surface area contributed by atoms with Crippen molar-refractivity contribution in [2.45, 2.75) is 12.5 Å². The number of imide groups is 1. The Morgan fingerprint density at radius 1 is 1.04 bits per heavy atom. The average Bonchev–Trinajstić information content (AvgIpc) is 2.82. The summed E-state index contributed by atoms with van der Waals surface area (Å²) in [5, 5.41) is 0. The summed E-state index contributed by atoms with van der Waals surface area (Å²) in [6.45, 7) is -0.0502. The second kappa shape index (κ2) is 7.06. The monoisotopic (exact) mass is 402 g/mol. The molecule has 0 saturated heterocycles. The first-order valence-electron chi connectivity index (χ1n) is 7.61. The van der Waals surface area contributed by atoms with Crippen LogP contribution in [0.1, 0.15) is 26.3 Å². The van der Waals surface area contributed by atoms with Crippen LogP contribution in [-0.4, -0.2) is 35.5 Å². The maximum Gasteiger partial charge on any atom is 0.404 e. The SMILES string of the molecule is NC(=O)O[C@@H](Cc1ccc(Br)cc1)CN1C(=O)c2ccccc2C1=O. The number of nitrogens with two attached hydrogens (primary N) is 1. The zero-order valence-corrected chi connectivity index (χ0v) is 14.7. The van der Waals surface area contributed by atoms with Crippen LogP contribution in [0.2, 0.25) is 0 Å². The van der Waals surface area contributed by atoms with Gasteiger partial charge in [0.15, 0.2) is 0 Å². The highest BCUT2D eigenvalue weighted by Gasteiger charge is 2.37. The van der Waals surface area contributed by atoms with E-state index in [-0.39, 0.29) is 6.54 Å². The molecule has 0 aliphatic carbocycles. The Morgan fingerprint density at radius 3 is 2.12 bits per heavy atom. The minimum atomic E-state index is -0.946. The van der Waals surface area contributed by atoms with Crippen LogP contribution >= 0.6 is 15.9 Å². The third-order valence-electron chi connectivity index (χ3n) is 3.92. The molecule has 0 aromatic heterocycles. The van der Waals surface area contributed by atoms with Gasteiger partial charge < -0.3 is 10.5 Å². The molecule has 128 valence electrons. The van der Waals surface area contributed by atoms with Crippen LogP contribution in [0.4, 0.5) is 4.79 Å². The number of rotatable bonds is 5. The molecule has 3 rings (SSSR count). The number of benzene rings is 2. The van der Waals surface area contributed by atoms with Crippen molar-refractivity contribution in [2.75, 3.05) is 6.54 Å². The minimum absolute atomic E-state index is 0.0502. The van der Waals surface area contributed by atoms with Crippen molar-refractivity contribution < 1.29 is 19.1 Å². The van der Waals surface area contributed by atoms with Crippen molar-refractivity contribution in [3.8, 4) is 0 Å². The van der Waals surface area contributed by atoms with Gasteiger partial charge in [-0.2, -0.15) is 0 Å². The van der Waals surface area contributed by atoms with Gasteiger partial charge in [0, 0.05) is 10.9 Å². The van der Waals surface area contributed by atoms with Gasteiger partial charge in [0.25, 0.3) is 11.8 Å². The molecule has 0 radical (unpaired) electrons. The van der Waals surface area contributed by atoms with E-state index in [2.05, 4.69) is 15.9 Å². The predicted molar refractivity (Wildman–Crippen MR) is 94.1 cm³/mol. The van der Waals surface area contributed by atoms with Gasteiger partial charge in [-0.1, -0.05) is 40.2 Å². The standard InChI is InChI=1S/C18H15BrN2O4/c19-12-7-5-11(6-8-12)9-13(25-18(20)24)10-21-16(22)14-3-1-2-4-15(14)17(21)23/h1-8,13H,9-10H2,(H2,20,24)/t13-/m0/s1. The fourth-order valence-electron chi connectivity index (χ4n) is 2.80. The van der Waals surface area contributed by atoms with Gasteiger partial charge in [-0.05, 0) is 29.8 Å². The number of nitrogens with zero attached hydrogens (tertiary/aromatic N) is 1. The highest BCUT2D eigenvalue weighted by Crippen LogP contribution is 2.23. The van der Waals surface area contributed by atoms with Crippen LogP contribution in [0.5, 0.6) is 0 Å². The maximum atomic E-state index is 12.5. The molecule has 0 unspecified atom stereocenters. The number of fused-ring (bicyclic) bond motifs is 1. The maximum absolute atomic E-state index is 12.5. The van der Waals surface area contributed by atoms with Crippen molar-refractivity contribution in [3.05, 3.63) is 69.7 Å². The summed E-state index contributed by atoms with van der Waals surface area (Å²) in [6, 6.07) is 14.1. The molecule has 0 saturated carbocycles. The molecule has 0 spiro atoms. The summed E-state index contributed by atoms with van der Waals surface area (Å²) in [7, 11) is 0. The number of primary amides is 1. The Balaban J connectivity index is 1.79. The Bertz CT molecular complexity index is 800. The van der Waals surface area contributed by atoms with Crippen molar-refractivity contribution in [1.29, 1.82) is 0 Å². The summed E-state index contributed by atoms with van der Waals surface area (Å²) in [5.41, 5.74) is 6.75. The van der Waals surface area contributed by atoms with E-state index in [0.717, 1.165) is 14.9 Å². The Hall–Kier alpha value is -2.67. The van der Waals surface area contributed by atoms with E-state index in [1.54, 1.807) is 24.3 Å². The molecular weight excluding hydrogens is 388 g/mol. The number of amides is 3. The average molecular weight is 403 g/mol. The molecule has 1 aliphatic rings. The minimum Gasteiger partial charge on any atom is -0.444 e. The topological polar surface area (TPSA) is 89.7 Å². The Kier molecular flexibility index (Phi) is 4.85. The second-order valence-corrected chi connectivity index (χ2v) is 6.57. The summed E-state index contributed by atoms with van der Waals surface area (Å²) in [5.74, 6) is -0.788. The van der Waals surface area contributed by atoms with Crippen molar-refractivity contribution in [2.24, 2.45) is 5.73 Å². The van der Waals surface area contributed by atoms with Gasteiger partial charge in [-0.25, -0.2) is 4.79 Å². The van der Waals surface area contributed by atoms with Crippen molar-refractivity contribution >= 4 is 33.8 Å². The fraction of sp³-hybridized carbons (Fsp3) is 0.167. The van der Waals surface area contributed by atoms with Gasteiger partial charge in [0.2, 0.25) is 0 Å². The largest absolute Gasteiger partial charge is 0.444 e. The van der Waals surface area contributed by atoms with Crippen LogP contribution in [0.3, 0.4) is 0 Å². The van der Waals surface area contributed by atoms with Gasteiger partial charge in [0.05, 0.1) is 17.7 Å². The molecule has 1 heterocycles. The molecule has 25 heavy (non-hydrogen) atoms. The molecule has 2 N–H and O–H groups in total. The van der Waals surface area contributed by atoms with E-state index < -0.39 is 24.0 Å². The number of halogens is 1. The van der Waals surface area contributed by atoms with E-state index in [0.29, 0.717) is 17.5 Å². The van der Waals surface area contributed by atoms with E-state index >= 15 is 0 Å². The van der Waals surface area contributed by atoms with Gasteiger partial charge in [-0.3, -0.25) is 14.5 Å². The van der Waals surface area contributed by atoms with Crippen molar-refractivity contribution in [3.63, 3.8) is 0 Å². The third-order valence-corrected chi connectivity index (χ3v) is 4.45. The number of hydrogen-bond acceptors (Lipinski definition) is 4.